The van der Waals surface area contributed by atoms with E-state index in [9.17, 15) is 22.8 Å². The maximum atomic E-state index is 12.7. The monoisotopic (exact) mass is 381 g/mol. The van der Waals surface area contributed by atoms with Gasteiger partial charge in [-0.15, -0.1) is 0 Å². The Labute approximate surface area is 155 Å². The number of likely N-dealkylation sites (tertiary alicyclic amines) is 1. The number of hydrogen-bond donors (Lipinski definition) is 0. The first kappa shape index (κ1) is 18.3. The van der Waals surface area contributed by atoms with Crippen molar-refractivity contribution in [2.24, 2.45) is 11.3 Å². The van der Waals surface area contributed by atoms with Gasteiger partial charge in [-0.05, 0) is 49.3 Å². The van der Waals surface area contributed by atoms with Crippen molar-refractivity contribution in [3.8, 4) is 0 Å². The molecule has 2 saturated heterocycles. The summed E-state index contributed by atoms with van der Waals surface area (Å²) < 4.78 is 43.1. The Hall–Kier alpha value is -2.05. The van der Waals surface area contributed by atoms with Crippen LogP contribution in [-0.4, -0.2) is 36.5 Å². The van der Waals surface area contributed by atoms with Crippen LogP contribution in [0.4, 0.5) is 13.2 Å². The van der Waals surface area contributed by atoms with Crippen LogP contribution < -0.4 is 0 Å². The van der Waals surface area contributed by atoms with Gasteiger partial charge in [-0.25, -0.2) is 0 Å². The maximum absolute atomic E-state index is 12.7. The highest BCUT2D eigenvalue weighted by Crippen LogP contribution is 2.52. The molecule has 146 valence electrons. The second kappa shape index (κ2) is 6.53. The third kappa shape index (κ3) is 3.56. The Morgan fingerprint density at radius 1 is 1.11 bits per heavy atom. The van der Waals surface area contributed by atoms with Crippen molar-refractivity contribution in [1.29, 1.82) is 0 Å². The quantitative estimate of drug-likeness (QED) is 0.733. The summed E-state index contributed by atoms with van der Waals surface area (Å²) in [6, 6.07) is 5.37. The van der Waals surface area contributed by atoms with E-state index in [4.69, 9.17) is 4.74 Å². The molecule has 2 heterocycles. The van der Waals surface area contributed by atoms with Gasteiger partial charge < -0.3 is 9.64 Å². The first-order valence-corrected chi connectivity index (χ1v) is 9.37. The highest BCUT2D eigenvalue weighted by Gasteiger charge is 2.53. The fraction of sp³-hybridized carbons (Fsp3) is 0.600. The molecule has 1 aromatic carbocycles. The summed E-state index contributed by atoms with van der Waals surface area (Å²) in [5, 5.41) is 0. The van der Waals surface area contributed by atoms with Gasteiger partial charge in [-0.2, -0.15) is 13.2 Å². The molecule has 1 aliphatic carbocycles. The molecule has 0 N–H and O–H groups in total. The molecule has 1 aromatic rings. The number of alkyl halides is 3. The Morgan fingerprint density at radius 3 is 2.26 bits per heavy atom. The number of cyclic esters (lactones) is 1. The van der Waals surface area contributed by atoms with Crippen LogP contribution in [0.2, 0.25) is 0 Å². The number of carbonyl (C=O) groups excluding carboxylic acids is 2. The highest BCUT2D eigenvalue weighted by atomic mass is 19.4. The van der Waals surface area contributed by atoms with Crippen molar-refractivity contribution in [3.63, 3.8) is 0 Å². The lowest BCUT2D eigenvalue weighted by molar-refractivity contribution is -0.144. The third-order valence-corrected chi connectivity index (χ3v) is 6.28. The molecule has 27 heavy (non-hydrogen) atoms. The average molecular weight is 381 g/mol. The van der Waals surface area contributed by atoms with E-state index >= 15 is 0 Å². The molecule has 0 radical (unpaired) electrons. The lowest BCUT2D eigenvalue weighted by atomic mass is 9.61. The van der Waals surface area contributed by atoms with E-state index in [0.29, 0.717) is 26.1 Å². The summed E-state index contributed by atoms with van der Waals surface area (Å²) >= 11 is 0. The van der Waals surface area contributed by atoms with Crippen molar-refractivity contribution in [2.45, 2.75) is 44.2 Å². The molecule has 3 aliphatic rings. The normalized spacial score (nSPS) is 28.9. The second-order valence-electron chi connectivity index (χ2n) is 8.16. The van der Waals surface area contributed by atoms with Crippen molar-refractivity contribution in [3.05, 3.63) is 35.4 Å². The van der Waals surface area contributed by atoms with E-state index in [1.807, 2.05) is 4.90 Å². The molecular formula is C20H22F3NO3. The number of piperidine rings is 1. The second-order valence-corrected chi connectivity index (χ2v) is 8.16. The topological polar surface area (TPSA) is 46.6 Å². The number of rotatable bonds is 2. The average Bonchev–Trinajstić information content (AvgIpc) is 3.02. The molecule has 0 bridgehead atoms. The first-order valence-electron chi connectivity index (χ1n) is 9.37. The lowest BCUT2D eigenvalue weighted by Crippen LogP contribution is -2.49. The number of hydrogen-bond acceptors (Lipinski definition) is 3. The largest absolute Gasteiger partial charge is 0.465 e. The minimum absolute atomic E-state index is 0.0258. The summed E-state index contributed by atoms with van der Waals surface area (Å²) in [4.78, 5) is 25.8. The van der Waals surface area contributed by atoms with Gasteiger partial charge in [0.1, 0.15) is 0 Å². The molecule has 0 unspecified atom stereocenters. The minimum Gasteiger partial charge on any atom is -0.465 e. The summed E-state index contributed by atoms with van der Waals surface area (Å²) in [6.07, 6.45) is -0.934. The number of halogens is 3. The fourth-order valence-corrected chi connectivity index (χ4v) is 4.70. The number of esters is 1. The number of carbonyl (C=O) groups is 2. The molecule has 0 aromatic heterocycles. The SMILES string of the molecule is O=C1CC2(CO1)CC(C(=O)N1CCC(c3ccc(C(F)(F)F)cc3)CC1)C2. The Morgan fingerprint density at radius 2 is 1.74 bits per heavy atom. The van der Waals surface area contributed by atoms with Gasteiger partial charge in [-0.1, -0.05) is 12.1 Å². The van der Waals surface area contributed by atoms with Crippen LogP contribution in [0.5, 0.6) is 0 Å². The van der Waals surface area contributed by atoms with Crippen LogP contribution in [0.3, 0.4) is 0 Å². The first-order chi connectivity index (χ1) is 12.8. The molecule has 4 rings (SSSR count). The molecular weight excluding hydrogens is 359 g/mol. The van der Waals surface area contributed by atoms with Crippen molar-refractivity contribution < 1.29 is 27.5 Å². The van der Waals surface area contributed by atoms with E-state index in [1.165, 1.54) is 0 Å². The van der Waals surface area contributed by atoms with E-state index < -0.39 is 11.7 Å². The summed E-state index contributed by atoms with van der Waals surface area (Å²) in [5.41, 5.74) is 0.155. The molecule has 3 fully saturated rings. The molecule has 4 nitrogen and oxygen atoms in total. The smallest absolute Gasteiger partial charge is 0.416 e. The zero-order valence-electron chi connectivity index (χ0n) is 14.9. The van der Waals surface area contributed by atoms with Gasteiger partial charge in [0.05, 0.1) is 18.6 Å². The molecule has 1 spiro atoms. The number of amides is 1. The van der Waals surface area contributed by atoms with Gasteiger partial charge in [0.15, 0.2) is 0 Å². The van der Waals surface area contributed by atoms with E-state index in [0.717, 1.165) is 43.4 Å². The highest BCUT2D eigenvalue weighted by molar-refractivity contribution is 5.81. The van der Waals surface area contributed by atoms with Crippen LogP contribution in [0.1, 0.15) is 49.1 Å². The van der Waals surface area contributed by atoms with E-state index in [1.54, 1.807) is 12.1 Å². The molecule has 2 aliphatic heterocycles. The van der Waals surface area contributed by atoms with Crippen LogP contribution >= 0.6 is 0 Å². The molecule has 7 heteroatoms. The molecule has 1 saturated carbocycles. The molecule has 0 atom stereocenters. The zero-order valence-corrected chi connectivity index (χ0v) is 14.9. The predicted molar refractivity (Wildman–Crippen MR) is 90.7 cm³/mol. The van der Waals surface area contributed by atoms with Crippen LogP contribution in [0.25, 0.3) is 0 Å². The summed E-state index contributed by atoms with van der Waals surface area (Å²) in [5.74, 6) is 0.135. The van der Waals surface area contributed by atoms with Crippen molar-refractivity contribution >= 4 is 11.9 Å². The van der Waals surface area contributed by atoms with Gasteiger partial charge in [0.25, 0.3) is 0 Å². The minimum atomic E-state index is -4.32. The van der Waals surface area contributed by atoms with Gasteiger partial charge in [-0.3, -0.25) is 9.59 Å². The van der Waals surface area contributed by atoms with E-state index in [2.05, 4.69) is 0 Å². The van der Waals surface area contributed by atoms with Gasteiger partial charge >= 0.3 is 12.1 Å². The number of ether oxygens (including phenoxy) is 1. The van der Waals surface area contributed by atoms with Gasteiger partial charge in [0, 0.05) is 24.4 Å². The zero-order chi connectivity index (χ0) is 19.2. The van der Waals surface area contributed by atoms with Crippen LogP contribution in [0.15, 0.2) is 24.3 Å². The summed E-state index contributed by atoms with van der Waals surface area (Å²) in [6.45, 7) is 1.69. The molecule has 1 amide bonds. The Balaban J connectivity index is 1.29. The van der Waals surface area contributed by atoms with Crippen LogP contribution in [-0.2, 0) is 20.5 Å². The fourth-order valence-electron chi connectivity index (χ4n) is 4.70. The lowest BCUT2D eigenvalue weighted by Gasteiger charge is -2.45. The van der Waals surface area contributed by atoms with Crippen molar-refractivity contribution in [2.75, 3.05) is 19.7 Å². The van der Waals surface area contributed by atoms with E-state index in [-0.39, 0.29) is 29.1 Å². The van der Waals surface area contributed by atoms with Gasteiger partial charge in [0.2, 0.25) is 5.91 Å². The number of nitrogens with zero attached hydrogens (tertiary/aromatic N) is 1. The maximum Gasteiger partial charge on any atom is 0.416 e. The Kier molecular flexibility index (Phi) is 4.43. The predicted octanol–water partition coefficient (Wildman–Crippen LogP) is 3.75. The Bertz CT molecular complexity index is 730. The van der Waals surface area contributed by atoms with Crippen molar-refractivity contribution in [1.82, 2.24) is 4.90 Å². The third-order valence-electron chi connectivity index (χ3n) is 6.28. The van der Waals surface area contributed by atoms with Crippen LogP contribution in [0, 0.1) is 11.3 Å². The summed E-state index contributed by atoms with van der Waals surface area (Å²) in [7, 11) is 0. The standard InChI is InChI=1S/C20H22F3NO3/c21-20(22,23)16-3-1-13(2-4-16)14-5-7-24(8-6-14)18(26)15-9-19(10-15)11-17(25)27-12-19/h1-4,14-15H,5-12H2. The number of benzene rings is 1.